The molecule has 118 valence electrons. The van der Waals surface area contributed by atoms with E-state index >= 15 is 0 Å². The van der Waals surface area contributed by atoms with Crippen molar-refractivity contribution in [1.82, 2.24) is 0 Å². The average molecular weight is 289 g/mol. The lowest BCUT2D eigenvalue weighted by atomic mass is 10.0. The number of hydrogen-bond acceptors (Lipinski definition) is 1. The van der Waals surface area contributed by atoms with Crippen molar-refractivity contribution in [2.45, 2.75) is 79.2 Å². The molecule has 1 aromatic carbocycles. The van der Waals surface area contributed by atoms with Gasteiger partial charge in [0.05, 0.1) is 0 Å². The molecule has 1 aromatic rings. The second-order valence-corrected chi connectivity index (χ2v) is 6.20. The van der Waals surface area contributed by atoms with Gasteiger partial charge in [-0.25, -0.2) is 0 Å². The Bertz CT molecular complexity index is 433. The first kappa shape index (κ1) is 17.7. The highest BCUT2D eigenvalue weighted by molar-refractivity contribution is 5.94. The van der Waals surface area contributed by atoms with E-state index in [0.29, 0.717) is 6.42 Å². The van der Waals surface area contributed by atoms with Crippen molar-refractivity contribution in [2.75, 3.05) is 4.90 Å². The lowest BCUT2D eigenvalue weighted by Gasteiger charge is -2.30. The van der Waals surface area contributed by atoms with Crippen LogP contribution >= 0.6 is 0 Å². The zero-order valence-corrected chi connectivity index (χ0v) is 14.4. The Labute approximate surface area is 130 Å². The molecule has 0 aliphatic rings. The molecule has 0 heterocycles. The van der Waals surface area contributed by atoms with Crippen molar-refractivity contribution in [3.63, 3.8) is 0 Å². The molecule has 1 atom stereocenters. The van der Waals surface area contributed by atoms with Crippen LogP contribution in [0.25, 0.3) is 0 Å². The van der Waals surface area contributed by atoms with Crippen molar-refractivity contribution in [1.29, 1.82) is 0 Å². The van der Waals surface area contributed by atoms with Crippen LogP contribution in [0.5, 0.6) is 0 Å². The Morgan fingerprint density at radius 3 is 2.19 bits per heavy atom. The van der Waals surface area contributed by atoms with E-state index in [0.717, 1.165) is 18.5 Å². The first-order valence-corrected chi connectivity index (χ1v) is 8.39. The molecule has 0 saturated carbocycles. The molecule has 21 heavy (non-hydrogen) atoms. The maximum atomic E-state index is 12.6. The zero-order chi connectivity index (χ0) is 15.8. The van der Waals surface area contributed by atoms with E-state index in [-0.39, 0.29) is 11.9 Å². The quantitative estimate of drug-likeness (QED) is 0.586. The number of rotatable bonds is 8. The minimum absolute atomic E-state index is 0.256. The molecule has 0 fully saturated rings. The molecule has 0 aliphatic heterocycles. The fourth-order valence-corrected chi connectivity index (χ4v) is 2.89. The van der Waals surface area contributed by atoms with Crippen molar-refractivity contribution in [3.8, 4) is 0 Å². The molecule has 0 spiro atoms. The lowest BCUT2D eigenvalue weighted by molar-refractivity contribution is -0.119. The first-order valence-electron chi connectivity index (χ1n) is 8.39. The Kier molecular flexibility index (Phi) is 7.49. The average Bonchev–Trinajstić information content (AvgIpc) is 2.38. The summed E-state index contributed by atoms with van der Waals surface area (Å²) in [5.41, 5.74) is 3.51. The van der Waals surface area contributed by atoms with Gasteiger partial charge >= 0.3 is 0 Å². The fourth-order valence-electron chi connectivity index (χ4n) is 2.89. The number of amides is 1. The molecule has 0 bridgehead atoms. The normalized spacial score (nSPS) is 12.2. The van der Waals surface area contributed by atoms with E-state index in [2.05, 4.69) is 52.8 Å². The van der Waals surface area contributed by atoms with Crippen LogP contribution in [0.15, 0.2) is 18.2 Å². The van der Waals surface area contributed by atoms with Crippen LogP contribution in [0.2, 0.25) is 0 Å². The second kappa shape index (κ2) is 8.86. The minimum atomic E-state index is 0.256. The van der Waals surface area contributed by atoms with Gasteiger partial charge in [-0.1, -0.05) is 39.2 Å². The number of nitrogens with zero attached hydrogens (tertiary/aromatic N) is 1. The molecule has 2 heteroatoms. The number of unbranched alkanes of at least 4 members (excludes halogenated alkanes) is 2. The SMILES string of the molecule is CCCCCC(C)N(C(=O)CCC)c1cc(C)cc(C)c1. The van der Waals surface area contributed by atoms with Gasteiger partial charge in [0.2, 0.25) is 5.91 Å². The largest absolute Gasteiger partial charge is 0.310 e. The summed E-state index contributed by atoms with van der Waals surface area (Å²) in [6.07, 6.45) is 6.27. The van der Waals surface area contributed by atoms with Crippen LogP contribution in [-0.2, 0) is 4.79 Å². The van der Waals surface area contributed by atoms with Gasteiger partial charge in [-0.2, -0.15) is 0 Å². The van der Waals surface area contributed by atoms with Gasteiger partial charge in [-0.15, -0.1) is 0 Å². The third kappa shape index (κ3) is 5.53. The number of carbonyl (C=O) groups excluding carboxylic acids is 1. The molecule has 0 N–H and O–H groups in total. The van der Waals surface area contributed by atoms with Gasteiger partial charge < -0.3 is 4.90 Å². The number of anilines is 1. The highest BCUT2D eigenvalue weighted by atomic mass is 16.2. The monoisotopic (exact) mass is 289 g/mol. The maximum Gasteiger partial charge on any atom is 0.227 e. The topological polar surface area (TPSA) is 20.3 Å². The molecule has 0 aliphatic carbocycles. The van der Waals surface area contributed by atoms with E-state index in [1.807, 2.05) is 4.90 Å². The summed E-state index contributed by atoms with van der Waals surface area (Å²) in [7, 11) is 0. The fraction of sp³-hybridized carbons (Fsp3) is 0.632. The summed E-state index contributed by atoms with van der Waals surface area (Å²) >= 11 is 0. The zero-order valence-electron chi connectivity index (χ0n) is 14.4. The van der Waals surface area contributed by atoms with E-state index in [1.54, 1.807) is 0 Å². The molecule has 0 aromatic heterocycles. The molecular weight excluding hydrogens is 258 g/mol. The Hall–Kier alpha value is -1.31. The Morgan fingerprint density at radius 1 is 1.05 bits per heavy atom. The van der Waals surface area contributed by atoms with E-state index in [4.69, 9.17) is 0 Å². The summed E-state index contributed by atoms with van der Waals surface area (Å²) in [5, 5.41) is 0. The van der Waals surface area contributed by atoms with Crippen molar-refractivity contribution in [3.05, 3.63) is 29.3 Å². The van der Waals surface area contributed by atoms with Crippen LogP contribution in [0.3, 0.4) is 0 Å². The van der Waals surface area contributed by atoms with Gasteiger partial charge in [-0.3, -0.25) is 4.79 Å². The summed E-state index contributed by atoms with van der Waals surface area (Å²) in [6.45, 7) is 10.7. The molecule has 1 amide bonds. The lowest BCUT2D eigenvalue weighted by Crippen LogP contribution is -2.38. The predicted molar refractivity (Wildman–Crippen MR) is 91.9 cm³/mol. The summed E-state index contributed by atoms with van der Waals surface area (Å²) in [4.78, 5) is 14.6. The van der Waals surface area contributed by atoms with Gasteiger partial charge in [0.25, 0.3) is 0 Å². The highest BCUT2D eigenvalue weighted by Crippen LogP contribution is 2.24. The molecule has 0 saturated heterocycles. The van der Waals surface area contributed by atoms with Crippen molar-refractivity contribution < 1.29 is 4.79 Å². The molecule has 1 unspecified atom stereocenters. The molecule has 0 radical (unpaired) electrons. The summed E-state index contributed by atoms with van der Waals surface area (Å²) in [6, 6.07) is 6.71. The molecular formula is C19H31NO. The number of benzene rings is 1. The highest BCUT2D eigenvalue weighted by Gasteiger charge is 2.21. The molecule has 2 nitrogen and oxygen atoms in total. The first-order chi connectivity index (χ1) is 9.99. The number of aryl methyl sites for hydroxylation is 2. The van der Waals surface area contributed by atoms with E-state index in [1.165, 1.54) is 30.4 Å². The Balaban J connectivity index is 2.97. The maximum absolute atomic E-state index is 12.6. The van der Waals surface area contributed by atoms with Crippen LogP contribution in [-0.4, -0.2) is 11.9 Å². The van der Waals surface area contributed by atoms with Crippen LogP contribution in [0.4, 0.5) is 5.69 Å². The number of hydrogen-bond donors (Lipinski definition) is 0. The third-order valence-electron chi connectivity index (χ3n) is 3.88. The smallest absolute Gasteiger partial charge is 0.227 e. The number of carbonyl (C=O) groups is 1. The van der Waals surface area contributed by atoms with Crippen LogP contribution in [0.1, 0.15) is 70.4 Å². The predicted octanol–water partition coefficient (Wildman–Crippen LogP) is 5.41. The minimum Gasteiger partial charge on any atom is -0.310 e. The van der Waals surface area contributed by atoms with E-state index < -0.39 is 0 Å². The summed E-state index contributed by atoms with van der Waals surface area (Å²) < 4.78 is 0. The Morgan fingerprint density at radius 2 is 1.67 bits per heavy atom. The van der Waals surface area contributed by atoms with Gasteiger partial charge in [0, 0.05) is 18.2 Å². The standard InChI is InChI=1S/C19H31NO/c1-6-8-9-11-17(5)20(19(21)10-7-2)18-13-15(3)12-16(4)14-18/h12-14,17H,6-11H2,1-5H3. The molecule has 1 rings (SSSR count). The van der Waals surface area contributed by atoms with Crippen LogP contribution < -0.4 is 4.90 Å². The summed E-state index contributed by atoms with van der Waals surface area (Å²) in [5.74, 6) is 0.256. The van der Waals surface area contributed by atoms with Crippen LogP contribution in [0, 0.1) is 13.8 Å². The second-order valence-electron chi connectivity index (χ2n) is 6.20. The van der Waals surface area contributed by atoms with Crippen molar-refractivity contribution in [2.24, 2.45) is 0 Å². The van der Waals surface area contributed by atoms with Crippen molar-refractivity contribution >= 4 is 11.6 Å². The van der Waals surface area contributed by atoms with Gasteiger partial charge in [0.15, 0.2) is 0 Å². The van der Waals surface area contributed by atoms with Gasteiger partial charge in [-0.05, 0) is 56.9 Å². The third-order valence-corrected chi connectivity index (χ3v) is 3.88. The van der Waals surface area contributed by atoms with Gasteiger partial charge in [0.1, 0.15) is 0 Å². The van der Waals surface area contributed by atoms with E-state index in [9.17, 15) is 4.79 Å².